The predicted octanol–water partition coefficient (Wildman–Crippen LogP) is 2.29. The summed E-state index contributed by atoms with van der Waals surface area (Å²) in [5.41, 5.74) is -0.425. The molecule has 2 N–H and O–H groups in total. The summed E-state index contributed by atoms with van der Waals surface area (Å²) in [6.07, 6.45) is 2.00. The van der Waals surface area contributed by atoms with E-state index in [1.54, 1.807) is 0 Å². The van der Waals surface area contributed by atoms with E-state index in [1.807, 2.05) is 20.8 Å². The van der Waals surface area contributed by atoms with Crippen LogP contribution in [0.25, 0.3) is 0 Å². The monoisotopic (exact) mass is 242 g/mol. The molecular weight excluding hydrogens is 216 g/mol. The molecule has 0 aromatic rings. The van der Waals surface area contributed by atoms with Crippen LogP contribution in [0.2, 0.25) is 0 Å². The lowest BCUT2D eigenvalue weighted by Gasteiger charge is -2.34. The van der Waals surface area contributed by atoms with Crippen LogP contribution in [0, 0.1) is 5.92 Å². The molecule has 0 radical (unpaired) electrons. The summed E-state index contributed by atoms with van der Waals surface area (Å²) < 4.78 is 5.20. The van der Waals surface area contributed by atoms with Gasteiger partial charge in [-0.25, -0.2) is 4.79 Å². The van der Waals surface area contributed by atoms with Gasteiger partial charge in [-0.2, -0.15) is 0 Å². The highest BCUT2D eigenvalue weighted by Gasteiger charge is 2.24. The molecule has 0 aromatic carbocycles. The molecule has 0 bridgehead atoms. The Balaban J connectivity index is 2.25. The Morgan fingerprint density at radius 1 is 1.35 bits per heavy atom. The van der Waals surface area contributed by atoms with E-state index < -0.39 is 5.60 Å². The Kier molecular flexibility index (Phi) is 4.80. The van der Waals surface area contributed by atoms with Crippen molar-refractivity contribution in [1.29, 1.82) is 0 Å². The van der Waals surface area contributed by atoms with E-state index in [1.165, 1.54) is 6.42 Å². The van der Waals surface area contributed by atoms with Crippen LogP contribution < -0.4 is 10.6 Å². The molecule has 1 aliphatic rings. The second kappa shape index (κ2) is 5.71. The highest BCUT2D eigenvalue weighted by molar-refractivity contribution is 5.67. The Bertz CT molecular complexity index is 261. The summed E-state index contributed by atoms with van der Waals surface area (Å²) in [4.78, 5) is 11.5. The van der Waals surface area contributed by atoms with Crippen molar-refractivity contribution in [2.24, 2.45) is 5.92 Å². The summed E-state index contributed by atoms with van der Waals surface area (Å²) >= 11 is 0. The van der Waals surface area contributed by atoms with Crippen LogP contribution >= 0.6 is 0 Å². The second-order valence-electron chi connectivity index (χ2n) is 6.09. The van der Waals surface area contributed by atoms with Crippen molar-refractivity contribution in [2.75, 3.05) is 6.54 Å². The predicted molar refractivity (Wildman–Crippen MR) is 69.0 cm³/mol. The SMILES string of the molecule is C[C@@H]1CC[C@@H](CNC(=O)OC(C)(C)C)N[C@H]1C. The Hall–Kier alpha value is -0.770. The Labute approximate surface area is 104 Å². The van der Waals surface area contributed by atoms with Gasteiger partial charge in [-0.05, 0) is 46.5 Å². The highest BCUT2D eigenvalue weighted by Crippen LogP contribution is 2.18. The molecule has 0 saturated carbocycles. The van der Waals surface area contributed by atoms with Crippen LogP contribution in [0.3, 0.4) is 0 Å². The van der Waals surface area contributed by atoms with Gasteiger partial charge >= 0.3 is 6.09 Å². The lowest BCUT2D eigenvalue weighted by molar-refractivity contribution is 0.0517. The molecule has 4 nitrogen and oxygen atoms in total. The molecule has 4 heteroatoms. The summed E-state index contributed by atoms with van der Waals surface area (Å²) in [5, 5.41) is 6.33. The van der Waals surface area contributed by atoms with Crippen LogP contribution in [-0.4, -0.2) is 30.3 Å². The lowest BCUT2D eigenvalue weighted by Crippen LogP contribution is -2.50. The van der Waals surface area contributed by atoms with Crippen molar-refractivity contribution in [3.8, 4) is 0 Å². The topological polar surface area (TPSA) is 50.4 Å². The maximum Gasteiger partial charge on any atom is 0.407 e. The first-order valence-corrected chi connectivity index (χ1v) is 6.51. The van der Waals surface area contributed by atoms with Crippen LogP contribution in [0.1, 0.15) is 47.5 Å². The van der Waals surface area contributed by atoms with Gasteiger partial charge in [-0.1, -0.05) is 6.92 Å². The zero-order chi connectivity index (χ0) is 13.1. The molecule has 0 unspecified atom stereocenters. The minimum absolute atomic E-state index is 0.328. The number of ether oxygens (including phenoxy) is 1. The standard InChI is InChI=1S/C13H26N2O2/c1-9-6-7-11(15-10(9)2)8-14-12(16)17-13(3,4)5/h9-11,15H,6-8H2,1-5H3,(H,14,16)/t9-,10+,11+/m1/s1. The number of rotatable bonds is 2. The summed E-state index contributed by atoms with van der Waals surface area (Å²) in [7, 11) is 0. The normalized spacial score (nSPS) is 29.8. The number of piperidine rings is 1. The van der Waals surface area contributed by atoms with Crippen LogP contribution in [0.15, 0.2) is 0 Å². The number of carbonyl (C=O) groups is 1. The van der Waals surface area contributed by atoms with E-state index in [0.29, 0.717) is 24.5 Å². The Morgan fingerprint density at radius 2 is 2.00 bits per heavy atom. The largest absolute Gasteiger partial charge is 0.444 e. The molecule has 0 aliphatic carbocycles. The molecule has 100 valence electrons. The summed E-state index contributed by atoms with van der Waals surface area (Å²) in [5.74, 6) is 0.716. The number of alkyl carbamates (subject to hydrolysis) is 1. The molecule has 1 amide bonds. The molecular formula is C13H26N2O2. The lowest BCUT2D eigenvalue weighted by atomic mass is 9.90. The van der Waals surface area contributed by atoms with E-state index in [9.17, 15) is 4.79 Å². The average Bonchev–Trinajstić information content (AvgIpc) is 2.17. The van der Waals surface area contributed by atoms with Crippen molar-refractivity contribution in [3.05, 3.63) is 0 Å². The number of amides is 1. The third-order valence-electron chi connectivity index (χ3n) is 3.21. The van der Waals surface area contributed by atoms with E-state index in [4.69, 9.17) is 4.74 Å². The maximum absolute atomic E-state index is 11.5. The van der Waals surface area contributed by atoms with Gasteiger partial charge < -0.3 is 15.4 Å². The third-order valence-corrected chi connectivity index (χ3v) is 3.21. The quantitative estimate of drug-likeness (QED) is 0.781. The second-order valence-corrected chi connectivity index (χ2v) is 6.09. The van der Waals surface area contributed by atoms with E-state index in [2.05, 4.69) is 24.5 Å². The molecule has 0 spiro atoms. The molecule has 1 aliphatic heterocycles. The third kappa shape index (κ3) is 5.39. The van der Waals surface area contributed by atoms with Crippen molar-refractivity contribution in [2.45, 2.75) is 65.1 Å². The summed E-state index contributed by atoms with van der Waals surface area (Å²) in [6.45, 7) is 10.7. The minimum Gasteiger partial charge on any atom is -0.444 e. The molecule has 1 rings (SSSR count). The van der Waals surface area contributed by atoms with Gasteiger partial charge in [0.25, 0.3) is 0 Å². The minimum atomic E-state index is -0.425. The van der Waals surface area contributed by atoms with Crippen molar-refractivity contribution < 1.29 is 9.53 Å². The van der Waals surface area contributed by atoms with Gasteiger partial charge in [0.05, 0.1) is 0 Å². The van der Waals surface area contributed by atoms with Gasteiger partial charge in [-0.3, -0.25) is 0 Å². The fourth-order valence-electron chi connectivity index (χ4n) is 2.02. The van der Waals surface area contributed by atoms with Gasteiger partial charge in [0.15, 0.2) is 0 Å². The van der Waals surface area contributed by atoms with Crippen molar-refractivity contribution >= 4 is 6.09 Å². The fraction of sp³-hybridized carbons (Fsp3) is 0.923. The smallest absolute Gasteiger partial charge is 0.407 e. The van der Waals surface area contributed by atoms with Gasteiger partial charge in [-0.15, -0.1) is 0 Å². The number of hydrogen-bond donors (Lipinski definition) is 2. The van der Waals surface area contributed by atoms with Crippen molar-refractivity contribution in [1.82, 2.24) is 10.6 Å². The van der Waals surface area contributed by atoms with E-state index in [-0.39, 0.29) is 6.09 Å². The van der Waals surface area contributed by atoms with Crippen LogP contribution in [-0.2, 0) is 4.74 Å². The van der Waals surface area contributed by atoms with Crippen LogP contribution in [0.5, 0.6) is 0 Å². The van der Waals surface area contributed by atoms with Gasteiger partial charge in [0.1, 0.15) is 5.60 Å². The van der Waals surface area contributed by atoms with Gasteiger partial charge in [0, 0.05) is 18.6 Å². The van der Waals surface area contributed by atoms with Crippen LogP contribution in [0.4, 0.5) is 4.79 Å². The van der Waals surface area contributed by atoms with Gasteiger partial charge in [0.2, 0.25) is 0 Å². The molecule has 1 fully saturated rings. The first kappa shape index (κ1) is 14.3. The fourth-order valence-corrected chi connectivity index (χ4v) is 2.02. The number of nitrogens with one attached hydrogen (secondary N) is 2. The van der Waals surface area contributed by atoms with E-state index >= 15 is 0 Å². The molecule has 1 saturated heterocycles. The molecule has 1 heterocycles. The molecule has 17 heavy (non-hydrogen) atoms. The Morgan fingerprint density at radius 3 is 2.53 bits per heavy atom. The first-order chi connectivity index (χ1) is 7.78. The number of hydrogen-bond acceptors (Lipinski definition) is 3. The highest BCUT2D eigenvalue weighted by atomic mass is 16.6. The average molecular weight is 242 g/mol. The molecule has 3 atom stereocenters. The summed E-state index contributed by atoms with van der Waals surface area (Å²) in [6, 6.07) is 0.892. The maximum atomic E-state index is 11.5. The zero-order valence-corrected chi connectivity index (χ0v) is 11.7. The zero-order valence-electron chi connectivity index (χ0n) is 11.7. The first-order valence-electron chi connectivity index (χ1n) is 6.51. The number of carbonyl (C=O) groups excluding carboxylic acids is 1. The van der Waals surface area contributed by atoms with E-state index in [0.717, 1.165) is 6.42 Å². The van der Waals surface area contributed by atoms with Crippen molar-refractivity contribution in [3.63, 3.8) is 0 Å². The molecule has 0 aromatic heterocycles.